The highest BCUT2D eigenvalue weighted by atomic mass is 35.5. The van der Waals surface area contributed by atoms with Crippen molar-refractivity contribution in [3.8, 4) is 22.9 Å². The number of ether oxygens (including phenoxy) is 4. The van der Waals surface area contributed by atoms with Gasteiger partial charge in [0, 0.05) is 6.07 Å². The molecule has 0 unspecified atom stereocenters. The third-order valence-corrected chi connectivity index (χ3v) is 4.57. The number of para-hydroxylation sites is 1. The Morgan fingerprint density at radius 3 is 2.44 bits per heavy atom. The summed E-state index contributed by atoms with van der Waals surface area (Å²) in [6.07, 6.45) is 1.51. The molecular weight excluding hydrogens is 438 g/mol. The van der Waals surface area contributed by atoms with E-state index in [2.05, 4.69) is 10.4 Å². The molecule has 0 aliphatic rings. The molecule has 1 amide bonds. The van der Waals surface area contributed by atoms with Crippen LogP contribution in [-0.4, -0.2) is 49.1 Å². The number of methoxy groups -OCH3 is 2. The van der Waals surface area contributed by atoms with Gasteiger partial charge in [-0.15, -0.1) is 0 Å². The number of aromatic nitrogens is 2. The third kappa shape index (κ3) is 5.30. The van der Waals surface area contributed by atoms with E-state index < -0.39 is 11.9 Å². The summed E-state index contributed by atoms with van der Waals surface area (Å²) in [7, 11) is 2.93. The molecule has 0 atom stereocenters. The molecule has 0 saturated carbocycles. The molecule has 0 aliphatic heterocycles. The molecule has 10 heteroatoms. The normalized spacial score (nSPS) is 10.4. The van der Waals surface area contributed by atoms with Crippen LogP contribution in [0, 0.1) is 0 Å². The number of carbonyl (C=O) groups excluding carboxylic acids is 2. The van der Waals surface area contributed by atoms with Crippen LogP contribution in [0.25, 0.3) is 5.69 Å². The molecule has 168 valence electrons. The Balaban J connectivity index is 1.77. The smallest absolute Gasteiger partial charge is 0.362 e. The Labute approximate surface area is 189 Å². The number of rotatable bonds is 9. The van der Waals surface area contributed by atoms with E-state index in [0.29, 0.717) is 22.2 Å². The van der Waals surface area contributed by atoms with Crippen LogP contribution in [0.2, 0.25) is 5.02 Å². The first-order valence-electron chi connectivity index (χ1n) is 9.63. The Hall–Kier alpha value is -3.72. The van der Waals surface area contributed by atoms with Gasteiger partial charge < -0.3 is 24.3 Å². The van der Waals surface area contributed by atoms with E-state index in [0.717, 1.165) is 5.69 Å². The van der Waals surface area contributed by atoms with Crippen molar-refractivity contribution in [2.75, 3.05) is 32.8 Å². The molecule has 1 N–H and O–H groups in total. The van der Waals surface area contributed by atoms with Crippen molar-refractivity contribution in [2.24, 2.45) is 0 Å². The fourth-order valence-electron chi connectivity index (χ4n) is 2.80. The van der Waals surface area contributed by atoms with E-state index in [1.54, 1.807) is 13.0 Å². The number of hydrogen-bond donors (Lipinski definition) is 1. The van der Waals surface area contributed by atoms with Gasteiger partial charge in [-0.25, -0.2) is 9.48 Å². The first-order valence-corrected chi connectivity index (χ1v) is 10.0. The molecule has 0 saturated heterocycles. The van der Waals surface area contributed by atoms with Crippen LogP contribution >= 0.6 is 11.6 Å². The van der Waals surface area contributed by atoms with E-state index in [4.69, 9.17) is 30.5 Å². The number of anilines is 1. The number of carbonyl (C=O) groups is 2. The minimum atomic E-state index is -0.652. The van der Waals surface area contributed by atoms with Crippen LogP contribution in [0.15, 0.2) is 48.7 Å². The summed E-state index contributed by atoms with van der Waals surface area (Å²) in [4.78, 5) is 24.8. The van der Waals surface area contributed by atoms with E-state index in [9.17, 15) is 9.59 Å². The van der Waals surface area contributed by atoms with Crippen molar-refractivity contribution in [1.29, 1.82) is 0 Å². The maximum absolute atomic E-state index is 12.5. The van der Waals surface area contributed by atoms with Crippen molar-refractivity contribution in [1.82, 2.24) is 9.78 Å². The molecular formula is C22H22ClN3O6. The summed E-state index contributed by atoms with van der Waals surface area (Å²) < 4.78 is 22.5. The van der Waals surface area contributed by atoms with Crippen molar-refractivity contribution in [2.45, 2.75) is 6.92 Å². The molecule has 0 spiro atoms. The maximum atomic E-state index is 12.5. The van der Waals surface area contributed by atoms with Gasteiger partial charge in [0.25, 0.3) is 5.91 Å². The van der Waals surface area contributed by atoms with Crippen LogP contribution < -0.4 is 19.5 Å². The highest BCUT2D eigenvalue weighted by molar-refractivity contribution is 6.32. The molecule has 0 aliphatic carbocycles. The van der Waals surface area contributed by atoms with Gasteiger partial charge in [0.2, 0.25) is 5.69 Å². The number of halogens is 1. The highest BCUT2D eigenvalue weighted by Crippen LogP contribution is 2.35. The second-order valence-corrected chi connectivity index (χ2v) is 6.77. The number of benzene rings is 2. The van der Waals surface area contributed by atoms with Crippen molar-refractivity contribution < 1.29 is 28.5 Å². The van der Waals surface area contributed by atoms with Gasteiger partial charge >= 0.3 is 5.97 Å². The first kappa shape index (κ1) is 23.0. The van der Waals surface area contributed by atoms with Gasteiger partial charge in [0.15, 0.2) is 12.4 Å². The standard InChI is InChI=1S/C22H22ClN3O6/c1-4-31-22(28)21-19(12-26(25-21)14-8-6-5-7-9-14)32-13-20(27)24-16-10-15(23)17(29-2)11-18(16)30-3/h5-12H,4,13H2,1-3H3,(H,24,27). The lowest BCUT2D eigenvalue weighted by Gasteiger charge is -2.13. The van der Waals surface area contributed by atoms with Crippen LogP contribution in [0.1, 0.15) is 17.4 Å². The summed E-state index contributed by atoms with van der Waals surface area (Å²) in [5.74, 6) is -0.260. The molecule has 32 heavy (non-hydrogen) atoms. The molecule has 2 aromatic carbocycles. The third-order valence-electron chi connectivity index (χ3n) is 4.28. The van der Waals surface area contributed by atoms with E-state index >= 15 is 0 Å². The van der Waals surface area contributed by atoms with Crippen LogP contribution in [-0.2, 0) is 9.53 Å². The Morgan fingerprint density at radius 2 is 1.78 bits per heavy atom. The molecule has 1 heterocycles. The summed E-state index contributed by atoms with van der Waals surface area (Å²) in [6, 6.07) is 12.2. The summed E-state index contributed by atoms with van der Waals surface area (Å²) >= 11 is 6.14. The maximum Gasteiger partial charge on any atom is 0.362 e. The lowest BCUT2D eigenvalue weighted by molar-refractivity contribution is -0.118. The Bertz CT molecular complexity index is 1100. The van der Waals surface area contributed by atoms with Gasteiger partial charge in [-0.2, -0.15) is 5.10 Å². The van der Waals surface area contributed by atoms with Crippen molar-refractivity contribution >= 4 is 29.2 Å². The second kappa shape index (κ2) is 10.5. The van der Waals surface area contributed by atoms with Crippen LogP contribution in [0.5, 0.6) is 17.2 Å². The molecule has 3 aromatic rings. The number of esters is 1. The van der Waals surface area contributed by atoms with Crippen LogP contribution in [0.4, 0.5) is 5.69 Å². The van der Waals surface area contributed by atoms with E-state index in [1.165, 1.54) is 31.2 Å². The topological polar surface area (TPSA) is 101 Å². The fourth-order valence-corrected chi connectivity index (χ4v) is 3.05. The summed E-state index contributed by atoms with van der Waals surface area (Å²) in [5.41, 5.74) is 1.03. The molecule has 0 bridgehead atoms. The van der Waals surface area contributed by atoms with Crippen LogP contribution in [0.3, 0.4) is 0 Å². The monoisotopic (exact) mass is 459 g/mol. The minimum Gasteiger partial charge on any atom is -0.495 e. The predicted molar refractivity (Wildman–Crippen MR) is 118 cm³/mol. The minimum absolute atomic E-state index is 0.0337. The van der Waals surface area contributed by atoms with Gasteiger partial charge in [-0.05, 0) is 25.1 Å². The number of hydrogen-bond acceptors (Lipinski definition) is 7. The van der Waals surface area contributed by atoms with Gasteiger partial charge in [0.1, 0.15) is 11.5 Å². The van der Waals surface area contributed by atoms with E-state index in [-0.39, 0.29) is 24.7 Å². The zero-order valence-electron chi connectivity index (χ0n) is 17.8. The van der Waals surface area contributed by atoms with Crippen molar-refractivity contribution in [3.05, 3.63) is 59.4 Å². The summed E-state index contributed by atoms with van der Waals surface area (Å²) in [6.45, 7) is 1.47. The Kier molecular flexibility index (Phi) is 7.56. The SMILES string of the molecule is CCOC(=O)c1nn(-c2ccccc2)cc1OCC(=O)Nc1cc(Cl)c(OC)cc1OC. The van der Waals surface area contributed by atoms with Gasteiger partial charge in [-0.1, -0.05) is 29.8 Å². The average Bonchev–Trinajstić information content (AvgIpc) is 3.23. The molecule has 3 rings (SSSR count). The average molecular weight is 460 g/mol. The summed E-state index contributed by atoms with van der Waals surface area (Å²) in [5, 5.41) is 7.22. The van der Waals surface area contributed by atoms with E-state index in [1.807, 2.05) is 30.3 Å². The fraction of sp³-hybridized carbons (Fsp3) is 0.227. The Morgan fingerprint density at radius 1 is 1.06 bits per heavy atom. The lowest BCUT2D eigenvalue weighted by atomic mass is 10.2. The quantitative estimate of drug-likeness (QED) is 0.486. The number of nitrogens with zero attached hydrogens (tertiary/aromatic N) is 2. The predicted octanol–water partition coefficient (Wildman–Crippen LogP) is 3.74. The van der Waals surface area contributed by atoms with Gasteiger partial charge in [-0.3, -0.25) is 4.79 Å². The number of nitrogens with one attached hydrogen (secondary N) is 1. The zero-order valence-corrected chi connectivity index (χ0v) is 18.5. The molecule has 0 fully saturated rings. The highest BCUT2D eigenvalue weighted by Gasteiger charge is 2.21. The second-order valence-electron chi connectivity index (χ2n) is 6.37. The number of amides is 1. The van der Waals surface area contributed by atoms with Gasteiger partial charge in [0.05, 0.1) is 43.4 Å². The lowest BCUT2D eigenvalue weighted by Crippen LogP contribution is -2.21. The first-order chi connectivity index (χ1) is 15.5. The molecule has 0 radical (unpaired) electrons. The molecule has 1 aromatic heterocycles. The largest absolute Gasteiger partial charge is 0.495 e. The molecule has 9 nitrogen and oxygen atoms in total. The zero-order chi connectivity index (χ0) is 23.1. The van der Waals surface area contributed by atoms with Crippen molar-refractivity contribution in [3.63, 3.8) is 0 Å².